The quantitative estimate of drug-likeness (QED) is 0.0821. The Morgan fingerprint density at radius 1 is 0.848 bits per heavy atom. The molecular weight excluding hydrogens is 667 g/mol. The number of amides is 2. The van der Waals surface area contributed by atoms with Crippen molar-refractivity contribution in [3.8, 4) is 0 Å². The Kier molecular flexibility index (Phi) is 15.5. The molecule has 2 heterocycles. The second kappa shape index (κ2) is 19.3. The lowest BCUT2D eigenvalue weighted by Gasteiger charge is -2.36. The first-order valence-corrected chi connectivity index (χ1v) is 16.7. The molecule has 46 heavy (non-hydrogen) atoms. The van der Waals surface area contributed by atoms with Crippen molar-refractivity contribution < 1.29 is 14.3 Å². The van der Waals surface area contributed by atoms with Gasteiger partial charge in [0.15, 0.2) is 0 Å². The zero-order valence-corrected chi connectivity index (χ0v) is 28.9. The topological polar surface area (TPSA) is 119 Å². The third-order valence-electron chi connectivity index (χ3n) is 6.30. The van der Waals surface area contributed by atoms with Crippen molar-refractivity contribution in [3.05, 3.63) is 112 Å². The highest BCUT2D eigenvalue weighted by molar-refractivity contribution is 7.99. The standard InChI is InChI=1S/C14H12Cl2N2.C13H19ClN4O3S.C6H6/c15-13-8-12(17-14(16)18-13)11-7-6-10(11)9-4-2-1-3-5-9;1-13(2,3)21-12(20)17-8-9(19)15-6-7-22-10-4-5-16-11(14)18-10;1-2-4-6-5-3-1/h1-5,8,10-11H,6-7H2;4-5H,6-8H2,1-3H3,(H,15,19)(H,17,20);1-6H. The summed E-state index contributed by atoms with van der Waals surface area (Å²) in [5, 5.41) is 6.65. The lowest BCUT2D eigenvalue weighted by Crippen LogP contribution is -2.40. The number of alkyl carbamates (subject to hydrolysis) is 1. The van der Waals surface area contributed by atoms with Gasteiger partial charge in [0.2, 0.25) is 16.5 Å². The van der Waals surface area contributed by atoms with E-state index in [4.69, 9.17) is 39.5 Å². The maximum Gasteiger partial charge on any atom is 0.408 e. The molecule has 0 bridgehead atoms. The number of carbonyl (C=O) groups excluding carboxylic acids is 2. The monoisotopic (exact) mass is 702 g/mol. The molecule has 2 N–H and O–H groups in total. The first kappa shape index (κ1) is 37.0. The predicted octanol–water partition coefficient (Wildman–Crippen LogP) is 7.99. The van der Waals surface area contributed by atoms with Gasteiger partial charge < -0.3 is 15.4 Å². The summed E-state index contributed by atoms with van der Waals surface area (Å²) >= 11 is 18.9. The van der Waals surface area contributed by atoms with Crippen LogP contribution in [0.5, 0.6) is 0 Å². The van der Waals surface area contributed by atoms with Crippen LogP contribution in [0.3, 0.4) is 0 Å². The molecule has 244 valence electrons. The highest BCUT2D eigenvalue weighted by atomic mass is 35.5. The van der Waals surface area contributed by atoms with Crippen LogP contribution >= 0.6 is 46.6 Å². The molecule has 2 unspecified atom stereocenters. The second-order valence-electron chi connectivity index (χ2n) is 11.0. The zero-order valence-electron chi connectivity index (χ0n) is 25.8. The van der Waals surface area contributed by atoms with Gasteiger partial charge in [0.25, 0.3) is 0 Å². The van der Waals surface area contributed by atoms with Crippen LogP contribution < -0.4 is 10.6 Å². The van der Waals surface area contributed by atoms with Crippen LogP contribution in [0.25, 0.3) is 0 Å². The molecule has 2 amide bonds. The van der Waals surface area contributed by atoms with E-state index in [-0.39, 0.29) is 23.0 Å². The van der Waals surface area contributed by atoms with E-state index in [1.807, 2.05) is 48.5 Å². The average Bonchev–Trinajstić information content (AvgIpc) is 2.99. The third kappa shape index (κ3) is 14.3. The average molecular weight is 704 g/mol. The molecular formula is C33H37Cl3N6O3S. The number of benzene rings is 2. The Morgan fingerprint density at radius 3 is 2.04 bits per heavy atom. The SMILES string of the molecule is CC(C)(C)OC(=O)NCC(=O)NCCSc1ccnc(Cl)n1.Clc1cc(C2CCC2c2ccccc2)nc(Cl)n1.c1ccccc1. The fourth-order valence-electron chi connectivity index (χ4n) is 4.21. The predicted molar refractivity (Wildman–Crippen MR) is 185 cm³/mol. The molecule has 0 saturated heterocycles. The molecule has 0 spiro atoms. The number of ether oxygens (including phenoxy) is 1. The Labute approximate surface area is 289 Å². The Morgan fingerprint density at radius 2 is 1.48 bits per heavy atom. The minimum Gasteiger partial charge on any atom is -0.444 e. The zero-order chi connectivity index (χ0) is 33.4. The lowest BCUT2D eigenvalue weighted by molar-refractivity contribution is -0.120. The molecule has 4 aromatic rings. The summed E-state index contributed by atoms with van der Waals surface area (Å²) in [5.41, 5.74) is 1.73. The van der Waals surface area contributed by atoms with E-state index in [1.165, 1.54) is 23.7 Å². The number of hydrogen-bond acceptors (Lipinski definition) is 8. The van der Waals surface area contributed by atoms with Crippen LogP contribution in [-0.4, -0.2) is 56.4 Å². The number of carbonyl (C=O) groups is 2. The van der Waals surface area contributed by atoms with Crippen molar-refractivity contribution in [2.24, 2.45) is 0 Å². The van der Waals surface area contributed by atoms with Crippen LogP contribution in [0.4, 0.5) is 4.79 Å². The first-order valence-electron chi connectivity index (χ1n) is 14.6. The number of aromatic nitrogens is 4. The van der Waals surface area contributed by atoms with Crippen LogP contribution in [-0.2, 0) is 9.53 Å². The van der Waals surface area contributed by atoms with E-state index in [2.05, 4.69) is 54.8 Å². The Balaban J connectivity index is 0.000000214. The molecule has 9 nitrogen and oxygen atoms in total. The fraction of sp³-hybridized carbons (Fsp3) is 0.333. The first-order chi connectivity index (χ1) is 22.0. The molecule has 2 atom stereocenters. The molecule has 2 aromatic carbocycles. The number of rotatable bonds is 8. The van der Waals surface area contributed by atoms with Gasteiger partial charge in [0.05, 0.1) is 12.2 Å². The lowest BCUT2D eigenvalue weighted by atomic mass is 9.68. The van der Waals surface area contributed by atoms with Gasteiger partial charge in [-0.3, -0.25) is 4.79 Å². The van der Waals surface area contributed by atoms with E-state index in [9.17, 15) is 9.59 Å². The van der Waals surface area contributed by atoms with Crippen molar-refractivity contribution in [3.63, 3.8) is 0 Å². The largest absolute Gasteiger partial charge is 0.444 e. The van der Waals surface area contributed by atoms with E-state index in [1.54, 1.807) is 33.0 Å². The van der Waals surface area contributed by atoms with Crippen molar-refractivity contribution in [1.29, 1.82) is 0 Å². The van der Waals surface area contributed by atoms with Gasteiger partial charge in [-0.05, 0) is 80.4 Å². The number of halogens is 3. The molecule has 0 radical (unpaired) electrons. The number of thioether (sulfide) groups is 1. The van der Waals surface area contributed by atoms with Crippen molar-refractivity contribution in [2.75, 3.05) is 18.8 Å². The summed E-state index contributed by atoms with van der Waals surface area (Å²) in [4.78, 5) is 38.9. The van der Waals surface area contributed by atoms with Gasteiger partial charge in [0.1, 0.15) is 15.8 Å². The van der Waals surface area contributed by atoms with Gasteiger partial charge in [-0.1, -0.05) is 78.3 Å². The van der Waals surface area contributed by atoms with E-state index < -0.39 is 11.7 Å². The van der Waals surface area contributed by atoms with Crippen molar-refractivity contribution >= 4 is 58.6 Å². The van der Waals surface area contributed by atoms with Gasteiger partial charge in [0, 0.05) is 24.4 Å². The third-order valence-corrected chi connectivity index (χ3v) is 7.78. The summed E-state index contributed by atoms with van der Waals surface area (Å²) in [6.45, 7) is 5.58. The molecule has 2 aromatic heterocycles. The Hall–Kier alpha value is -3.44. The van der Waals surface area contributed by atoms with Crippen LogP contribution in [0.1, 0.15) is 56.7 Å². The molecule has 1 fully saturated rings. The maximum atomic E-state index is 11.5. The van der Waals surface area contributed by atoms with E-state index in [0.717, 1.165) is 17.1 Å². The van der Waals surface area contributed by atoms with Crippen molar-refractivity contribution in [2.45, 2.75) is 56.1 Å². The number of nitrogens with zero attached hydrogens (tertiary/aromatic N) is 4. The second-order valence-corrected chi connectivity index (χ2v) is 13.1. The fourth-order valence-corrected chi connectivity index (χ4v) is 5.55. The molecule has 1 aliphatic rings. The minimum atomic E-state index is -0.618. The van der Waals surface area contributed by atoms with Crippen LogP contribution in [0.15, 0.2) is 90.1 Å². The summed E-state index contributed by atoms with van der Waals surface area (Å²) in [5.74, 6) is 1.27. The van der Waals surface area contributed by atoms with Gasteiger partial charge >= 0.3 is 6.09 Å². The minimum absolute atomic E-state index is 0.126. The number of hydrogen-bond donors (Lipinski definition) is 2. The van der Waals surface area contributed by atoms with E-state index >= 15 is 0 Å². The smallest absolute Gasteiger partial charge is 0.408 e. The number of nitrogens with one attached hydrogen (secondary N) is 2. The maximum absolute atomic E-state index is 11.5. The summed E-state index contributed by atoms with van der Waals surface area (Å²) in [6, 6.07) is 26.1. The molecule has 1 aliphatic carbocycles. The highest BCUT2D eigenvalue weighted by Gasteiger charge is 2.34. The van der Waals surface area contributed by atoms with Gasteiger partial charge in [-0.2, -0.15) is 0 Å². The summed E-state index contributed by atoms with van der Waals surface area (Å²) < 4.78 is 5.02. The summed E-state index contributed by atoms with van der Waals surface area (Å²) in [7, 11) is 0. The van der Waals surface area contributed by atoms with E-state index in [0.29, 0.717) is 29.3 Å². The molecule has 0 aliphatic heterocycles. The normalized spacial score (nSPS) is 15.1. The van der Waals surface area contributed by atoms with Crippen LogP contribution in [0.2, 0.25) is 15.7 Å². The van der Waals surface area contributed by atoms with Gasteiger partial charge in [-0.15, -0.1) is 11.8 Å². The summed E-state index contributed by atoms with van der Waals surface area (Å²) in [6.07, 6.45) is 3.27. The molecule has 13 heteroatoms. The molecule has 1 saturated carbocycles. The van der Waals surface area contributed by atoms with Gasteiger partial charge in [-0.25, -0.2) is 24.7 Å². The Bertz CT molecular complexity index is 1470. The van der Waals surface area contributed by atoms with Crippen LogP contribution in [0, 0.1) is 0 Å². The van der Waals surface area contributed by atoms with Crippen molar-refractivity contribution in [1.82, 2.24) is 30.6 Å². The molecule has 5 rings (SSSR count). The highest BCUT2D eigenvalue weighted by Crippen LogP contribution is 2.48.